The maximum absolute atomic E-state index is 11.3. The van der Waals surface area contributed by atoms with Crippen molar-refractivity contribution in [1.29, 1.82) is 0 Å². The standard InChI is InChI=1S/C12H16N2O2S/c1-16-10(15)9-6-13-11(17-9)14-7-12(4-5-12)8-2-3-8/h6,8H,2-5,7H2,1H3,(H,13,14). The second-order valence-electron chi connectivity index (χ2n) is 5.01. The topological polar surface area (TPSA) is 51.2 Å². The van der Waals surface area contributed by atoms with Gasteiger partial charge < -0.3 is 10.1 Å². The van der Waals surface area contributed by atoms with Gasteiger partial charge in [-0.05, 0) is 37.0 Å². The van der Waals surface area contributed by atoms with Crippen molar-refractivity contribution in [2.24, 2.45) is 11.3 Å². The largest absolute Gasteiger partial charge is 0.465 e. The Morgan fingerprint density at radius 3 is 3.00 bits per heavy atom. The van der Waals surface area contributed by atoms with E-state index in [9.17, 15) is 4.79 Å². The molecule has 0 bridgehead atoms. The fraction of sp³-hybridized carbons (Fsp3) is 0.667. The van der Waals surface area contributed by atoms with E-state index < -0.39 is 0 Å². The summed E-state index contributed by atoms with van der Waals surface area (Å²) < 4.78 is 4.66. The number of methoxy groups -OCH3 is 1. The predicted molar refractivity (Wildman–Crippen MR) is 66.3 cm³/mol. The number of aromatic nitrogens is 1. The molecule has 1 N–H and O–H groups in total. The van der Waals surface area contributed by atoms with Crippen LogP contribution in [0.5, 0.6) is 0 Å². The third-order valence-electron chi connectivity index (χ3n) is 3.82. The molecule has 1 aromatic heterocycles. The van der Waals surface area contributed by atoms with Crippen LogP contribution in [0.4, 0.5) is 5.13 Å². The monoisotopic (exact) mass is 252 g/mol. The maximum atomic E-state index is 11.3. The summed E-state index contributed by atoms with van der Waals surface area (Å²) in [6, 6.07) is 0. The van der Waals surface area contributed by atoms with E-state index in [4.69, 9.17) is 0 Å². The fourth-order valence-electron chi connectivity index (χ4n) is 2.39. The number of ether oxygens (including phenoxy) is 1. The summed E-state index contributed by atoms with van der Waals surface area (Å²) in [6.45, 7) is 1.01. The number of thiazole rings is 1. The number of hydrogen-bond donors (Lipinski definition) is 1. The van der Waals surface area contributed by atoms with Crippen LogP contribution in [0.25, 0.3) is 0 Å². The molecule has 4 nitrogen and oxygen atoms in total. The molecule has 0 unspecified atom stereocenters. The molecule has 0 aliphatic heterocycles. The predicted octanol–water partition coefficient (Wildman–Crippen LogP) is 2.53. The van der Waals surface area contributed by atoms with E-state index in [2.05, 4.69) is 15.0 Å². The summed E-state index contributed by atoms with van der Waals surface area (Å²) in [5.74, 6) is 0.633. The highest BCUT2D eigenvalue weighted by atomic mass is 32.1. The van der Waals surface area contributed by atoms with Gasteiger partial charge in [-0.3, -0.25) is 0 Å². The summed E-state index contributed by atoms with van der Waals surface area (Å²) in [5, 5.41) is 4.20. The first-order valence-corrected chi connectivity index (χ1v) is 6.83. The minimum atomic E-state index is -0.307. The zero-order valence-electron chi connectivity index (χ0n) is 9.86. The smallest absolute Gasteiger partial charge is 0.349 e. The molecule has 3 rings (SSSR count). The quantitative estimate of drug-likeness (QED) is 0.818. The van der Waals surface area contributed by atoms with Gasteiger partial charge in [0.25, 0.3) is 0 Å². The summed E-state index contributed by atoms with van der Waals surface area (Å²) in [5.41, 5.74) is 0.553. The first kappa shape index (κ1) is 11.0. The number of esters is 1. The van der Waals surface area contributed by atoms with Crippen LogP contribution in [0.1, 0.15) is 35.4 Å². The van der Waals surface area contributed by atoms with E-state index in [0.29, 0.717) is 10.3 Å². The Labute approximate surface area is 104 Å². The van der Waals surface area contributed by atoms with Gasteiger partial charge in [0.1, 0.15) is 4.88 Å². The van der Waals surface area contributed by atoms with Gasteiger partial charge in [-0.15, -0.1) is 0 Å². The highest BCUT2D eigenvalue weighted by Gasteiger charge is 2.53. The molecule has 2 aliphatic rings. The Kier molecular flexibility index (Phi) is 2.58. The average Bonchev–Trinajstić information content (AvgIpc) is 3.24. The minimum absolute atomic E-state index is 0.307. The van der Waals surface area contributed by atoms with Gasteiger partial charge in [-0.25, -0.2) is 9.78 Å². The molecule has 0 aromatic carbocycles. The van der Waals surface area contributed by atoms with Crippen molar-refractivity contribution in [3.63, 3.8) is 0 Å². The van der Waals surface area contributed by atoms with Crippen LogP contribution in [0.3, 0.4) is 0 Å². The molecule has 0 spiro atoms. The normalized spacial score (nSPS) is 21.0. The lowest BCUT2D eigenvalue weighted by Gasteiger charge is -2.13. The molecule has 0 amide bonds. The van der Waals surface area contributed by atoms with Gasteiger partial charge in [0.05, 0.1) is 13.3 Å². The third kappa shape index (κ3) is 2.16. The lowest BCUT2D eigenvalue weighted by atomic mass is 10.0. The summed E-state index contributed by atoms with van der Waals surface area (Å²) in [7, 11) is 1.39. The minimum Gasteiger partial charge on any atom is -0.465 e. The number of nitrogens with one attached hydrogen (secondary N) is 1. The molecule has 0 saturated heterocycles. The van der Waals surface area contributed by atoms with Crippen LogP contribution >= 0.6 is 11.3 Å². The molecule has 2 aliphatic carbocycles. The summed E-state index contributed by atoms with van der Waals surface area (Å²) in [6.07, 6.45) is 7.06. The van der Waals surface area contributed by atoms with Gasteiger partial charge in [-0.1, -0.05) is 11.3 Å². The van der Waals surface area contributed by atoms with Crippen LogP contribution in [0.15, 0.2) is 6.20 Å². The lowest BCUT2D eigenvalue weighted by Crippen LogP contribution is -2.17. The summed E-state index contributed by atoms with van der Waals surface area (Å²) >= 11 is 1.37. The summed E-state index contributed by atoms with van der Waals surface area (Å²) in [4.78, 5) is 16.0. The number of hydrogen-bond acceptors (Lipinski definition) is 5. The van der Waals surface area contributed by atoms with Gasteiger partial charge >= 0.3 is 5.97 Å². The molecule has 92 valence electrons. The van der Waals surface area contributed by atoms with Crippen molar-refractivity contribution in [2.45, 2.75) is 25.7 Å². The molecule has 2 fully saturated rings. The Balaban J connectivity index is 1.58. The van der Waals surface area contributed by atoms with Crippen molar-refractivity contribution in [2.75, 3.05) is 19.0 Å². The molecule has 5 heteroatoms. The number of anilines is 1. The van der Waals surface area contributed by atoms with Crippen molar-refractivity contribution < 1.29 is 9.53 Å². The van der Waals surface area contributed by atoms with Gasteiger partial charge in [0.15, 0.2) is 5.13 Å². The number of rotatable bonds is 5. The molecular weight excluding hydrogens is 236 g/mol. The SMILES string of the molecule is COC(=O)c1cnc(NCC2(C3CC3)CC2)s1. The number of carbonyl (C=O) groups excluding carboxylic acids is 1. The number of nitrogens with zero attached hydrogens (tertiary/aromatic N) is 1. The number of carbonyl (C=O) groups is 1. The lowest BCUT2D eigenvalue weighted by molar-refractivity contribution is 0.0606. The van der Waals surface area contributed by atoms with Gasteiger partial charge in [0.2, 0.25) is 0 Å². The first-order chi connectivity index (χ1) is 8.23. The van der Waals surface area contributed by atoms with Crippen molar-refractivity contribution in [3.8, 4) is 0 Å². The second kappa shape index (κ2) is 3.98. The zero-order chi connectivity index (χ0) is 11.9. The third-order valence-corrected chi connectivity index (χ3v) is 4.75. The van der Waals surface area contributed by atoms with Crippen molar-refractivity contribution in [3.05, 3.63) is 11.1 Å². The molecule has 0 atom stereocenters. The first-order valence-electron chi connectivity index (χ1n) is 6.01. The van der Waals surface area contributed by atoms with Gasteiger partial charge in [-0.2, -0.15) is 0 Å². The molecule has 1 aromatic rings. The second-order valence-corrected chi connectivity index (χ2v) is 6.04. The van der Waals surface area contributed by atoms with Crippen LogP contribution in [-0.2, 0) is 4.74 Å². The van der Waals surface area contributed by atoms with Crippen molar-refractivity contribution in [1.82, 2.24) is 4.98 Å². The molecule has 1 heterocycles. The average molecular weight is 252 g/mol. The van der Waals surface area contributed by atoms with Gasteiger partial charge in [0, 0.05) is 6.54 Å². The Bertz CT molecular complexity index is 435. The van der Waals surface area contributed by atoms with E-state index >= 15 is 0 Å². The molecule has 0 radical (unpaired) electrons. The van der Waals surface area contributed by atoms with Crippen LogP contribution < -0.4 is 5.32 Å². The maximum Gasteiger partial charge on any atom is 0.349 e. The van der Waals surface area contributed by atoms with E-state index in [1.807, 2.05) is 0 Å². The highest BCUT2D eigenvalue weighted by Crippen LogP contribution is 2.61. The Morgan fingerprint density at radius 2 is 2.41 bits per heavy atom. The fourth-order valence-corrected chi connectivity index (χ4v) is 3.12. The molecule has 17 heavy (non-hydrogen) atoms. The van der Waals surface area contributed by atoms with E-state index in [0.717, 1.165) is 17.6 Å². The molecule has 2 saturated carbocycles. The van der Waals surface area contributed by atoms with Crippen molar-refractivity contribution >= 4 is 22.4 Å². The Morgan fingerprint density at radius 1 is 1.65 bits per heavy atom. The Hall–Kier alpha value is -1.10. The van der Waals surface area contributed by atoms with E-state index in [1.165, 1.54) is 44.1 Å². The van der Waals surface area contributed by atoms with Crippen LogP contribution in [-0.4, -0.2) is 24.6 Å². The molecular formula is C12H16N2O2S. The van der Waals surface area contributed by atoms with Crippen LogP contribution in [0, 0.1) is 11.3 Å². The highest BCUT2D eigenvalue weighted by molar-refractivity contribution is 7.17. The van der Waals surface area contributed by atoms with Crippen LogP contribution in [0.2, 0.25) is 0 Å². The van der Waals surface area contributed by atoms with E-state index in [-0.39, 0.29) is 5.97 Å². The zero-order valence-corrected chi connectivity index (χ0v) is 10.7. The van der Waals surface area contributed by atoms with E-state index in [1.54, 1.807) is 6.20 Å².